The van der Waals surface area contributed by atoms with Crippen molar-refractivity contribution in [1.82, 2.24) is 20.1 Å². The summed E-state index contributed by atoms with van der Waals surface area (Å²) in [6, 6.07) is 1.25. The van der Waals surface area contributed by atoms with Crippen LogP contribution in [0.2, 0.25) is 0 Å². The third-order valence-electron chi connectivity index (χ3n) is 8.99. The number of hydrogen-bond donors (Lipinski definition) is 1. The summed E-state index contributed by atoms with van der Waals surface area (Å²) >= 11 is 0. The summed E-state index contributed by atoms with van der Waals surface area (Å²) in [6.07, 6.45) is -1.28. The van der Waals surface area contributed by atoms with Gasteiger partial charge in [0.2, 0.25) is 11.8 Å². The molecule has 1 N–H and O–H groups in total. The number of nitrogens with one attached hydrogen (secondary N) is 1. The van der Waals surface area contributed by atoms with Crippen LogP contribution in [0.5, 0.6) is 0 Å². The fourth-order valence-electron chi connectivity index (χ4n) is 6.90. The number of carbonyl (C=O) groups is 2. The number of halogens is 3. The lowest BCUT2D eigenvalue weighted by atomic mass is 9.78. The van der Waals surface area contributed by atoms with Crippen LogP contribution in [0.15, 0.2) is 12.3 Å². The fraction of sp³-hybridized carbons (Fsp3) is 0.759. The molecule has 3 aliphatic heterocycles. The minimum absolute atomic E-state index is 0.0448. The normalized spacial score (nSPS) is 30.3. The van der Waals surface area contributed by atoms with Gasteiger partial charge in [0.25, 0.3) is 0 Å². The van der Waals surface area contributed by atoms with Crippen LogP contribution < -0.4 is 5.32 Å². The van der Waals surface area contributed by atoms with Gasteiger partial charge in [0.1, 0.15) is 6.61 Å². The van der Waals surface area contributed by atoms with E-state index in [0.717, 1.165) is 18.7 Å². The first-order chi connectivity index (χ1) is 19.3. The lowest BCUT2D eigenvalue weighted by molar-refractivity contribution is -0.145. The Hall–Kier alpha value is -2.28. The number of fused-ring (bicyclic) bond motifs is 2. The highest BCUT2D eigenvalue weighted by Gasteiger charge is 2.59. The maximum atomic E-state index is 14.4. The number of methoxy groups -OCH3 is 1. The van der Waals surface area contributed by atoms with E-state index in [1.54, 1.807) is 16.9 Å². The number of pyridine rings is 1. The average Bonchev–Trinajstić information content (AvgIpc) is 3.45. The molecule has 0 spiro atoms. The Bertz CT molecular complexity index is 1140. The summed E-state index contributed by atoms with van der Waals surface area (Å²) in [4.78, 5) is 35.0. The third-order valence-corrected chi connectivity index (χ3v) is 8.99. The molecule has 1 aromatic heterocycles. The lowest BCUT2D eigenvalue weighted by Gasteiger charge is -2.38. The van der Waals surface area contributed by atoms with Gasteiger partial charge in [-0.2, -0.15) is 13.2 Å². The Morgan fingerprint density at radius 1 is 1.24 bits per heavy atom. The van der Waals surface area contributed by atoms with Gasteiger partial charge in [0.15, 0.2) is 0 Å². The molecule has 5 rings (SSSR count). The molecule has 4 heterocycles. The summed E-state index contributed by atoms with van der Waals surface area (Å²) in [7, 11) is 1.67. The van der Waals surface area contributed by atoms with Crippen molar-refractivity contribution in [2.45, 2.75) is 83.0 Å². The van der Waals surface area contributed by atoms with Crippen LogP contribution in [0.1, 0.15) is 56.9 Å². The molecule has 12 heteroatoms. The monoisotopic (exact) mass is 582 g/mol. The first-order valence-electron chi connectivity index (χ1n) is 14.4. The molecule has 9 nitrogen and oxygen atoms in total. The molecular formula is C29H41F3N4O5. The van der Waals surface area contributed by atoms with Gasteiger partial charge >= 0.3 is 6.18 Å². The molecule has 1 saturated carbocycles. The first kappa shape index (κ1) is 30.2. The van der Waals surface area contributed by atoms with Crippen molar-refractivity contribution >= 4 is 11.8 Å². The molecule has 2 amide bonds. The number of likely N-dealkylation sites (tertiary alicyclic amines) is 1. The summed E-state index contributed by atoms with van der Waals surface area (Å²) in [6.45, 7) is 7.90. The number of nitrogens with zero attached hydrogens (tertiary/aromatic N) is 3. The minimum Gasteiger partial charge on any atom is -0.379 e. The molecule has 1 aliphatic carbocycles. The Morgan fingerprint density at radius 2 is 2.02 bits per heavy atom. The van der Waals surface area contributed by atoms with E-state index in [-0.39, 0.29) is 55.6 Å². The van der Waals surface area contributed by atoms with Crippen molar-refractivity contribution in [3.8, 4) is 0 Å². The predicted octanol–water partition coefficient (Wildman–Crippen LogP) is 2.80. The van der Waals surface area contributed by atoms with Gasteiger partial charge in [0.05, 0.1) is 29.3 Å². The SMILES string of the molecule is COC1COCCC1NC1CC2CN(C(=O)COC(C)(C)C)CC2(C(=O)N2CCc3ncc(C(F)(F)F)cc3C2)C1. The maximum absolute atomic E-state index is 14.4. The molecule has 5 unspecified atom stereocenters. The zero-order valence-corrected chi connectivity index (χ0v) is 24.3. The van der Waals surface area contributed by atoms with E-state index in [1.165, 1.54) is 0 Å². The molecule has 0 radical (unpaired) electrons. The van der Waals surface area contributed by atoms with Gasteiger partial charge in [-0.25, -0.2) is 0 Å². The third kappa shape index (κ3) is 6.40. The smallest absolute Gasteiger partial charge is 0.379 e. The Balaban J connectivity index is 1.36. The topological polar surface area (TPSA) is 93.2 Å². The van der Waals surface area contributed by atoms with Crippen LogP contribution >= 0.6 is 0 Å². The molecule has 5 atom stereocenters. The van der Waals surface area contributed by atoms with Crippen LogP contribution in [0.3, 0.4) is 0 Å². The molecule has 0 bridgehead atoms. The van der Waals surface area contributed by atoms with E-state index in [0.29, 0.717) is 56.8 Å². The zero-order valence-electron chi connectivity index (χ0n) is 24.3. The highest BCUT2D eigenvalue weighted by molar-refractivity contribution is 5.87. The van der Waals surface area contributed by atoms with Crippen LogP contribution in [0, 0.1) is 11.3 Å². The van der Waals surface area contributed by atoms with Gasteiger partial charge in [0, 0.05) is 70.3 Å². The molecular weight excluding hydrogens is 541 g/mol. The lowest BCUT2D eigenvalue weighted by Crippen LogP contribution is -2.52. The van der Waals surface area contributed by atoms with Gasteiger partial charge in [-0.1, -0.05) is 0 Å². The number of carbonyl (C=O) groups excluding carboxylic acids is 2. The van der Waals surface area contributed by atoms with Crippen molar-refractivity contribution in [2.24, 2.45) is 11.3 Å². The highest BCUT2D eigenvalue weighted by atomic mass is 19.4. The molecule has 1 aromatic rings. The number of rotatable bonds is 6. The largest absolute Gasteiger partial charge is 0.417 e. The zero-order chi connectivity index (χ0) is 29.6. The van der Waals surface area contributed by atoms with Crippen molar-refractivity contribution < 1.29 is 37.0 Å². The minimum atomic E-state index is -4.51. The fourth-order valence-corrected chi connectivity index (χ4v) is 6.90. The van der Waals surface area contributed by atoms with E-state index < -0.39 is 22.8 Å². The van der Waals surface area contributed by atoms with E-state index in [1.807, 2.05) is 20.8 Å². The number of hydrogen-bond acceptors (Lipinski definition) is 7. The molecule has 2 saturated heterocycles. The molecule has 4 aliphatic rings. The maximum Gasteiger partial charge on any atom is 0.417 e. The Kier molecular flexibility index (Phi) is 8.41. The van der Waals surface area contributed by atoms with Crippen LogP contribution in [0.4, 0.5) is 13.2 Å². The van der Waals surface area contributed by atoms with Gasteiger partial charge in [-0.05, 0) is 57.6 Å². The van der Waals surface area contributed by atoms with Gasteiger partial charge < -0.3 is 29.3 Å². The van der Waals surface area contributed by atoms with Crippen LogP contribution in [-0.4, -0.2) is 97.0 Å². The average molecular weight is 583 g/mol. The van der Waals surface area contributed by atoms with Crippen molar-refractivity contribution in [3.05, 3.63) is 29.1 Å². The van der Waals surface area contributed by atoms with E-state index in [2.05, 4.69) is 10.3 Å². The molecule has 41 heavy (non-hydrogen) atoms. The number of amides is 2. The predicted molar refractivity (Wildman–Crippen MR) is 143 cm³/mol. The standard InChI is InChI=1S/C29H41F3N4O5/c1-27(2,3)41-16-25(37)36-14-20-10-21(34-23-6-8-40-15-24(23)39-4)11-28(20,17-36)26(38)35-7-5-22-18(13-35)9-19(12-33-22)29(30,31)32/h9,12,20-21,23-24,34H,5-8,10-11,13-17H2,1-4H3. The summed E-state index contributed by atoms with van der Waals surface area (Å²) in [5, 5.41) is 3.72. The van der Waals surface area contributed by atoms with E-state index >= 15 is 0 Å². The van der Waals surface area contributed by atoms with Gasteiger partial charge in [-0.3, -0.25) is 14.6 Å². The van der Waals surface area contributed by atoms with Crippen LogP contribution in [-0.2, 0) is 42.9 Å². The van der Waals surface area contributed by atoms with Gasteiger partial charge in [-0.15, -0.1) is 0 Å². The van der Waals surface area contributed by atoms with E-state index in [4.69, 9.17) is 14.2 Å². The second kappa shape index (κ2) is 11.4. The van der Waals surface area contributed by atoms with Crippen molar-refractivity contribution in [2.75, 3.05) is 46.6 Å². The second-order valence-electron chi connectivity index (χ2n) is 12.9. The Morgan fingerprint density at radius 3 is 2.73 bits per heavy atom. The van der Waals surface area contributed by atoms with E-state index in [9.17, 15) is 22.8 Å². The quantitative estimate of drug-likeness (QED) is 0.552. The number of alkyl halides is 3. The second-order valence-corrected chi connectivity index (χ2v) is 12.9. The van der Waals surface area contributed by atoms with Crippen molar-refractivity contribution in [1.29, 1.82) is 0 Å². The molecule has 0 aromatic carbocycles. The number of ether oxygens (including phenoxy) is 3. The highest BCUT2D eigenvalue weighted by Crippen LogP contribution is 2.51. The molecule has 228 valence electrons. The summed E-state index contributed by atoms with van der Waals surface area (Å²) < 4.78 is 57.1. The Labute approximate surface area is 239 Å². The first-order valence-corrected chi connectivity index (χ1v) is 14.4. The molecule has 3 fully saturated rings. The van der Waals surface area contributed by atoms with Crippen molar-refractivity contribution in [3.63, 3.8) is 0 Å². The number of aromatic nitrogens is 1. The van der Waals surface area contributed by atoms with Crippen LogP contribution in [0.25, 0.3) is 0 Å². The summed E-state index contributed by atoms with van der Waals surface area (Å²) in [5.41, 5.74) is -1.09. The summed E-state index contributed by atoms with van der Waals surface area (Å²) in [5.74, 6) is -0.331.